The van der Waals surface area contributed by atoms with Crippen LogP contribution in [0.1, 0.15) is 202 Å². The zero-order chi connectivity index (χ0) is 112. The molecular formula is C121H171N21O6S. The fourth-order valence-electron chi connectivity index (χ4n) is 12.1. The van der Waals surface area contributed by atoms with Crippen molar-refractivity contribution >= 4 is 17.4 Å². The first-order chi connectivity index (χ1) is 70.2. The highest BCUT2D eigenvalue weighted by atomic mass is 32.1. The predicted octanol–water partition coefficient (Wildman–Crippen LogP) is 25.1. The van der Waals surface area contributed by atoms with E-state index in [1.54, 1.807) is 80.1 Å². The molecule has 0 spiro atoms. The molecule has 149 heavy (non-hydrogen) atoms. The second kappa shape index (κ2) is 75.0. The van der Waals surface area contributed by atoms with Crippen molar-refractivity contribution in [2.45, 2.75) is 246 Å². The summed E-state index contributed by atoms with van der Waals surface area (Å²) in [6, 6.07) is 46.0. The number of carbonyl (C=O) groups is 1. The van der Waals surface area contributed by atoms with Crippen LogP contribution in [-0.4, -0.2) is 142 Å². The molecule has 2 fully saturated rings. The van der Waals surface area contributed by atoms with Crippen LogP contribution in [0.25, 0.3) is 0 Å². The molecule has 17 heterocycles. The monoisotopic (exact) mass is 2050 g/mol. The Morgan fingerprint density at radius 3 is 1.17 bits per heavy atom. The summed E-state index contributed by atoms with van der Waals surface area (Å²) in [5.41, 5.74) is 29.9. The first-order valence-corrected chi connectivity index (χ1v) is 50.6. The second-order valence-electron chi connectivity index (χ2n) is 37.5. The average molecular weight is 2050 g/mol. The van der Waals surface area contributed by atoms with Crippen LogP contribution in [0, 0.1) is 207 Å². The largest absolute Gasteiger partial charge is 0.449 e. The Kier molecular flexibility index (Phi) is 66.6. The smallest absolute Gasteiger partial charge is 0.250 e. The van der Waals surface area contributed by atoms with E-state index in [-0.39, 0.29) is 16.7 Å². The van der Waals surface area contributed by atoms with Crippen molar-refractivity contribution in [3.8, 4) is 0 Å². The lowest BCUT2D eigenvalue weighted by molar-refractivity contribution is -0.133. The van der Waals surface area contributed by atoms with Gasteiger partial charge in [-0.25, -0.2) is 19.3 Å². The minimum atomic E-state index is 0.0422. The quantitative estimate of drug-likeness (QED) is 0.147. The number of benzene rings is 2. The maximum absolute atomic E-state index is 10.9. The van der Waals surface area contributed by atoms with Crippen molar-refractivity contribution in [1.29, 1.82) is 0 Å². The number of piperidine rings is 1. The van der Waals surface area contributed by atoms with Gasteiger partial charge in [-0.15, -0.1) is 0 Å². The Hall–Kier alpha value is -14.8. The molecule has 2 atom stereocenters. The summed E-state index contributed by atoms with van der Waals surface area (Å²) in [6.07, 6.45) is 39.3. The van der Waals surface area contributed by atoms with Gasteiger partial charge in [0.15, 0.2) is 6.39 Å². The molecule has 19 rings (SSSR count). The van der Waals surface area contributed by atoms with E-state index in [9.17, 15) is 19.2 Å². The van der Waals surface area contributed by atoms with Crippen molar-refractivity contribution in [2.24, 2.45) is 41.2 Å². The van der Waals surface area contributed by atoms with E-state index >= 15 is 0 Å². The van der Waals surface area contributed by atoms with Gasteiger partial charge in [0.25, 0.3) is 5.56 Å². The number of aromatic amines is 1. The van der Waals surface area contributed by atoms with E-state index < -0.39 is 0 Å². The molecule has 0 bridgehead atoms. The lowest BCUT2D eigenvalue weighted by atomic mass is 10.0. The molecule has 0 radical (unpaired) electrons. The first kappa shape index (κ1) is 132. The number of aromatic nitrogens is 19. The summed E-state index contributed by atoms with van der Waals surface area (Å²) in [5, 5.41) is 18.1. The zero-order valence-corrected chi connectivity index (χ0v) is 97.3. The van der Waals surface area contributed by atoms with Crippen molar-refractivity contribution in [2.75, 3.05) is 27.2 Å². The van der Waals surface area contributed by atoms with E-state index in [4.69, 9.17) is 8.94 Å². The lowest BCUT2D eigenvalue weighted by Crippen LogP contribution is -2.35. The predicted molar refractivity (Wildman–Crippen MR) is 616 cm³/mol. The van der Waals surface area contributed by atoms with E-state index in [2.05, 4.69) is 238 Å². The van der Waals surface area contributed by atoms with Crippen LogP contribution < -0.4 is 16.7 Å². The third-order valence-corrected chi connectivity index (χ3v) is 23.0. The minimum absolute atomic E-state index is 0.0422. The maximum atomic E-state index is 10.9. The molecule has 1 amide bonds. The number of pyridine rings is 8. The molecule has 2 aromatic carbocycles. The number of likely N-dealkylation sites (tertiary alicyclic amines) is 2. The van der Waals surface area contributed by atoms with E-state index in [1.165, 1.54) is 114 Å². The van der Waals surface area contributed by atoms with Gasteiger partial charge < -0.3 is 32.4 Å². The van der Waals surface area contributed by atoms with Crippen LogP contribution in [0.4, 0.5) is 0 Å². The third-order valence-electron chi connectivity index (χ3n) is 22.2. The topological polar surface area (TPSA) is 309 Å². The molecule has 0 aliphatic carbocycles. The normalized spacial score (nSPS) is 11.7. The average Bonchev–Trinajstić information content (AvgIpc) is 1.89. The van der Waals surface area contributed by atoms with Gasteiger partial charge in [0, 0.05) is 206 Å². The van der Waals surface area contributed by atoms with Gasteiger partial charge in [-0.2, -0.15) is 15.3 Å². The maximum Gasteiger partial charge on any atom is 0.250 e. The number of nitrogens with one attached hydrogen (secondary N) is 1. The van der Waals surface area contributed by atoms with Gasteiger partial charge in [-0.05, 0) is 389 Å². The highest BCUT2D eigenvalue weighted by Crippen LogP contribution is 2.16. The highest BCUT2D eigenvalue weighted by Gasteiger charge is 2.19. The first-order valence-electron chi connectivity index (χ1n) is 49.8. The Labute approximate surface area is 893 Å². The SMILES string of the molecule is C[C@@H]1CCC(=O)N(C)C1.C[C@H]1CCCN1C.Cc1cc(C)on1.Cc1ccc(=O)n(C)c1.Cc1ccc(=O)n(C)c1.Cc1ccc(C)nc1.Cc1cccc(C)c1.Cc1ccccc1C.Cc1cccnc1C.Cc1ccn(C)c(=O)c1.Cc1ccnc(C)c1.Cc1ccncc1C.Cc1cn[nH]c1C.Cc1cnc(C)nc1.Cc1cncc(C)c1.Cc1cnn(C)c1.Cc1cnn(C)c1.Cc1cnsc1C.Cc1ncoc1C. The van der Waals surface area contributed by atoms with Crippen LogP contribution in [0.3, 0.4) is 0 Å². The summed E-state index contributed by atoms with van der Waals surface area (Å²) >= 11 is 1.55. The van der Waals surface area contributed by atoms with Gasteiger partial charge in [0.1, 0.15) is 17.3 Å². The molecule has 28 heteroatoms. The van der Waals surface area contributed by atoms with Crippen LogP contribution in [-0.2, 0) is 40.0 Å². The Morgan fingerprint density at radius 1 is 0.369 bits per heavy atom. The van der Waals surface area contributed by atoms with Gasteiger partial charge in [0.2, 0.25) is 17.0 Å². The number of rotatable bonds is 0. The number of hydrogen-bond acceptors (Lipinski definition) is 21. The number of amides is 1. The number of H-pyrrole nitrogens is 1. The fraction of sp³-hybridized carbons (Fsp3) is 0.380. The fourth-order valence-corrected chi connectivity index (χ4v) is 12.6. The number of aryl methyl sites for hydroxylation is 34. The summed E-state index contributed by atoms with van der Waals surface area (Å²) in [6.45, 7) is 65.0. The summed E-state index contributed by atoms with van der Waals surface area (Å²) in [7, 11) is 13.1. The van der Waals surface area contributed by atoms with Crippen LogP contribution in [0.15, 0.2) is 281 Å². The van der Waals surface area contributed by atoms with E-state index in [0.29, 0.717) is 11.8 Å². The van der Waals surface area contributed by atoms with Gasteiger partial charge >= 0.3 is 0 Å². The standard InChI is InChI=1S/2C8H10.C7H9NO.C7H13NO.2C7H9NO.5C7H9N.C6H8N2.C6H13N.3C5H8N2.2C5H7NO.C5H7NS/c1-7-4-3-5-8(2)6-7;1-7-5-3-4-6-8(7)2;1-6-3-4-8(2)7(9)5-6;3*1-6-3-4-7(9)8(2)5-6;1-6-3-7(2)5-8-4-6;1-6-3-4-8-5-7(6)2;1-6-3-4-8-7(2)5-6;1-6-3-4-7(2)8-5-6;1-6-4-3-5-8-7(6)2;1-5-3-7-6(2)8-4-5;1-6-4-3-5-7(6)2;2*1-5-3-6-7(2)4-5;1-4-3-6-7-5(4)2;1-4-5(2)7-3-6-4;1-4-3-5(2)7-6-4;1-4-3-6-7-5(4)2/h2*3-6H,1-2H3;3-5H,1-2H3;6H,3-5H2,1-2H3;2*3-5H,1-2H3;5*3-5H,1-2H3;3-4H,1-2H3;6H,3-5H2,1-2H3;2*3-4H,1-2H3;3H,1-2H3,(H,6,7);3*3H,1-2H3/t;;;6-;;;;;;;;;6-;;;;;;/m...1........0....../s1. The molecule has 0 unspecified atom stereocenters. The summed E-state index contributed by atoms with van der Waals surface area (Å²) in [4.78, 5) is 80.6. The van der Waals surface area contributed by atoms with Crippen molar-refractivity contribution in [3.05, 3.63) is 451 Å². The van der Waals surface area contributed by atoms with Gasteiger partial charge in [0.05, 0.1) is 30.0 Å². The van der Waals surface area contributed by atoms with Crippen LogP contribution in [0.2, 0.25) is 0 Å². The molecule has 15 aromatic heterocycles. The Balaban J connectivity index is 0.000000787. The number of carbonyl (C=O) groups excluding carboxylic acids is 1. The highest BCUT2D eigenvalue weighted by molar-refractivity contribution is 7.05. The Bertz CT molecular complexity index is 5940. The third kappa shape index (κ3) is 65.5. The molecule has 1 N–H and O–H groups in total. The molecule has 17 aromatic rings. The number of nitrogens with zero attached hydrogens (tertiary/aromatic N) is 20. The van der Waals surface area contributed by atoms with Crippen LogP contribution >= 0.6 is 11.5 Å². The molecule has 27 nitrogen and oxygen atoms in total. The Morgan fingerprint density at radius 2 is 0.906 bits per heavy atom. The number of oxazole rings is 1. The van der Waals surface area contributed by atoms with Crippen molar-refractivity contribution in [1.82, 2.24) is 103 Å². The summed E-state index contributed by atoms with van der Waals surface area (Å²) in [5.74, 6) is 3.61. The lowest BCUT2D eigenvalue weighted by Gasteiger charge is -2.26. The minimum Gasteiger partial charge on any atom is -0.449 e. The molecule has 2 aliphatic heterocycles. The van der Waals surface area contributed by atoms with E-state index in [1.807, 2.05) is 311 Å². The molecule has 2 aliphatic rings. The summed E-state index contributed by atoms with van der Waals surface area (Å²) < 4.78 is 21.8. The number of hydrogen-bond donors (Lipinski definition) is 1. The molecule has 2 saturated heterocycles. The molecule has 0 saturated carbocycles. The second-order valence-corrected chi connectivity index (χ2v) is 38.5. The van der Waals surface area contributed by atoms with Crippen molar-refractivity contribution < 1.29 is 13.7 Å². The molecule has 802 valence electrons. The van der Waals surface area contributed by atoms with E-state index in [0.717, 1.165) is 99.2 Å². The van der Waals surface area contributed by atoms with Gasteiger partial charge in [-0.3, -0.25) is 58.6 Å². The molecular weight excluding hydrogens is 1880 g/mol. The van der Waals surface area contributed by atoms with Crippen molar-refractivity contribution in [3.63, 3.8) is 0 Å². The zero-order valence-electron chi connectivity index (χ0n) is 96.4. The van der Waals surface area contributed by atoms with Crippen LogP contribution in [0.5, 0.6) is 0 Å². The van der Waals surface area contributed by atoms with Gasteiger partial charge in [-0.1, -0.05) is 102 Å².